The van der Waals surface area contributed by atoms with Crippen molar-refractivity contribution in [1.82, 2.24) is 10.0 Å². The van der Waals surface area contributed by atoms with E-state index in [4.69, 9.17) is 0 Å². The van der Waals surface area contributed by atoms with Crippen molar-refractivity contribution in [2.75, 3.05) is 25.4 Å². The molecule has 0 saturated carbocycles. The third kappa shape index (κ3) is 8.36. The van der Waals surface area contributed by atoms with Crippen molar-refractivity contribution in [2.45, 2.75) is 32.6 Å². The Labute approximate surface area is 134 Å². The zero-order valence-electron chi connectivity index (χ0n) is 11.8. The van der Waals surface area contributed by atoms with Crippen LogP contribution in [-0.2, 0) is 16.4 Å². The van der Waals surface area contributed by atoms with Crippen LogP contribution in [0.5, 0.6) is 0 Å². The Bertz CT molecular complexity index is 474. The maximum Gasteiger partial charge on any atom is 0.211 e. The van der Waals surface area contributed by atoms with Crippen molar-refractivity contribution in [3.8, 4) is 0 Å². The number of sulfonamides is 1. The zero-order chi connectivity index (χ0) is 14.8. The van der Waals surface area contributed by atoms with E-state index in [1.54, 1.807) is 11.3 Å². The van der Waals surface area contributed by atoms with Gasteiger partial charge in [-0.1, -0.05) is 6.92 Å². The minimum absolute atomic E-state index is 0.217. The summed E-state index contributed by atoms with van der Waals surface area (Å²) in [6, 6.07) is 4.00. The Morgan fingerprint density at radius 2 is 2.00 bits per heavy atom. The topological polar surface area (TPSA) is 58.2 Å². The van der Waals surface area contributed by atoms with Crippen LogP contribution in [0, 0.1) is 0 Å². The number of nitrogens with one attached hydrogen (secondary N) is 2. The summed E-state index contributed by atoms with van der Waals surface area (Å²) in [5.41, 5.74) is 0. The predicted molar refractivity (Wildman–Crippen MR) is 89.9 cm³/mol. The Morgan fingerprint density at radius 1 is 1.20 bits per heavy atom. The quantitative estimate of drug-likeness (QED) is 0.578. The normalized spacial score (nSPS) is 11.9. The molecule has 1 heterocycles. The third-order valence-electron chi connectivity index (χ3n) is 2.77. The molecule has 0 amide bonds. The molecule has 4 nitrogen and oxygen atoms in total. The van der Waals surface area contributed by atoms with E-state index in [0.29, 0.717) is 13.0 Å². The molecule has 2 N–H and O–H groups in total. The van der Waals surface area contributed by atoms with Gasteiger partial charge in [-0.3, -0.25) is 0 Å². The van der Waals surface area contributed by atoms with Gasteiger partial charge in [-0.2, -0.15) is 0 Å². The maximum atomic E-state index is 11.8. The van der Waals surface area contributed by atoms with E-state index in [2.05, 4.69) is 32.9 Å². The van der Waals surface area contributed by atoms with Crippen LogP contribution in [0.4, 0.5) is 0 Å². The van der Waals surface area contributed by atoms with Gasteiger partial charge < -0.3 is 5.32 Å². The maximum absolute atomic E-state index is 11.8. The fourth-order valence-electron chi connectivity index (χ4n) is 1.73. The van der Waals surface area contributed by atoms with Gasteiger partial charge in [0.05, 0.1) is 9.54 Å². The Morgan fingerprint density at radius 3 is 2.65 bits per heavy atom. The third-order valence-corrected chi connectivity index (χ3v) is 5.92. The molecule has 116 valence electrons. The summed E-state index contributed by atoms with van der Waals surface area (Å²) in [5, 5.41) is 3.27. The molecule has 7 heteroatoms. The van der Waals surface area contributed by atoms with Crippen molar-refractivity contribution in [2.24, 2.45) is 0 Å². The monoisotopic (exact) mass is 382 g/mol. The summed E-state index contributed by atoms with van der Waals surface area (Å²) in [5.74, 6) is 0.217. The van der Waals surface area contributed by atoms with Crippen LogP contribution < -0.4 is 10.0 Å². The minimum atomic E-state index is -3.12. The molecule has 0 aliphatic rings. The summed E-state index contributed by atoms with van der Waals surface area (Å²) in [6.45, 7) is 4.49. The first-order chi connectivity index (χ1) is 9.53. The van der Waals surface area contributed by atoms with E-state index < -0.39 is 10.0 Å². The van der Waals surface area contributed by atoms with Gasteiger partial charge in [-0.25, -0.2) is 13.1 Å². The minimum Gasteiger partial charge on any atom is -0.317 e. The molecule has 0 unspecified atom stereocenters. The van der Waals surface area contributed by atoms with Gasteiger partial charge >= 0.3 is 0 Å². The van der Waals surface area contributed by atoms with Gasteiger partial charge in [-0.15, -0.1) is 11.3 Å². The molecule has 1 aromatic heterocycles. The summed E-state index contributed by atoms with van der Waals surface area (Å²) >= 11 is 5.04. The number of rotatable bonds is 11. The lowest BCUT2D eigenvalue weighted by molar-refractivity contribution is 0.573. The highest BCUT2D eigenvalue weighted by Crippen LogP contribution is 2.22. The van der Waals surface area contributed by atoms with E-state index in [1.165, 1.54) is 4.88 Å². The lowest BCUT2D eigenvalue weighted by atomic mass is 10.3. The predicted octanol–water partition coefficient (Wildman–Crippen LogP) is 2.75. The summed E-state index contributed by atoms with van der Waals surface area (Å²) < 4.78 is 27.3. The van der Waals surface area contributed by atoms with E-state index in [9.17, 15) is 8.42 Å². The fourth-order valence-corrected chi connectivity index (χ4v) is 4.36. The molecule has 1 rings (SSSR count). The highest BCUT2D eigenvalue weighted by atomic mass is 79.9. The van der Waals surface area contributed by atoms with Gasteiger partial charge in [0.15, 0.2) is 0 Å². The average Bonchev–Trinajstić information content (AvgIpc) is 2.79. The Balaban J connectivity index is 2.11. The van der Waals surface area contributed by atoms with Crippen LogP contribution >= 0.6 is 27.3 Å². The van der Waals surface area contributed by atoms with Gasteiger partial charge in [0.1, 0.15) is 0 Å². The number of hydrogen-bond donors (Lipinski definition) is 2. The van der Waals surface area contributed by atoms with Gasteiger partial charge in [0.25, 0.3) is 0 Å². The molecule has 0 bridgehead atoms. The molecule has 0 aliphatic carbocycles. The van der Waals surface area contributed by atoms with E-state index in [-0.39, 0.29) is 5.75 Å². The molecular formula is C13H23BrN2O2S2. The van der Waals surface area contributed by atoms with Gasteiger partial charge in [0.2, 0.25) is 10.0 Å². The highest BCUT2D eigenvalue weighted by Gasteiger charge is 2.09. The number of halogens is 1. The average molecular weight is 383 g/mol. The number of unbranched alkanes of at least 4 members (excludes halogenated alkanes) is 1. The molecule has 0 aliphatic heterocycles. The first-order valence-electron chi connectivity index (χ1n) is 6.96. The summed E-state index contributed by atoms with van der Waals surface area (Å²) in [6.07, 6.45) is 3.46. The highest BCUT2D eigenvalue weighted by molar-refractivity contribution is 9.11. The zero-order valence-corrected chi connectivity index (χ0v) is 15.0. The lowest BCUT2D eigenvalue weighted by Gasteiger charge is -2.06. The van der Waals surface area contributed by atoms with Crippen molar-refractivity contribution in [1.29, 1.82) is 0 Å². The van der Waals surface area contributed by atoms with Crippen LogP contribution in [-0.4, -0.2) is 33.8 Å². The SMILES string of the molecule is CCCNCCCCS(=O)(=O)NCCc1ccc(Br)s1. The van der Waals surface area contributed by atoms with Crippen molar-refractivity contribution in [3.05, 3.63) is 20.8 Å². The van der Waals surface area contributed by atoms with E-state index in [0.717, 1.165) is 36.1 Å². The standard InChI is InChI=1S/C13H23BrN2O2S2/c1-2-8-15-9-3-4-11-20(17,18)16-10-7-12-5-6-13(14)19-12/h5-6,15-16H,2-4,7-11H2,1H3. The van der Waals surface area contributed by atoms with Crippen molar-refractivity contribution >= 4 is 37.3 Å². The van der Waals surface area contributed by atoms with Crippen LogP contribution in [0.15, 0.2) is 15.9 Å². The van der Waals surface area contributed by atoms with E-state index in [1.807, 2.05) is 12.1 Å². The van der Waals surface area contributed by atoms with Crippen molar-refractivity contribution < 1.29 is 8.42 Å². The molecule has 0 radical (unpaired) electrons. The first-order valence-corrected chi connectivity index (χ1v) is 10.2. The number of thiophene rings is 1. The molecule has 1 aromatic rings. The first kappa shape index (κ1) is 18.1. The van der Waals surface area contributed by atoms with Crippen LogP contribution in [0.25, 0.3) is 0 Å². The van der Waals surface area contributed by atoms with Gasteiger partial charge in [-0.05, 0) is 66.8 Å². The van der Waals surface area contributed by atoms with Crippen LogP contribution in [0.2, 0.25) is 0 Å². The van der Waals surface area contributed by atoms with Gasteiger partial charge in [0, 0.05) is 11.4 Å². The molecule has 0 fully saturated rings. The second kappa shape index (κ2) is 9.89. The Hall–Kier alpha value is 0.0500. The lowest BCUT2D eigenvalue weighted by Crippen LogP contribution is -2.28. The summed E-state index contributed by atoms with van der Waals surface area (Å²) in [7, 11) is -3.12. The second-order valence-electron chi connectivity index (χ2n) is 4.63. The molecule has 20 heavy (non-hydrogen) atoms. The molecule has 0 spiro atoms. The Kier molecular flexibility index (Phi) is 8.95. The molecule has 0 saturated heterocycles. The second-order valence-corrected chi connectivity index (χ2v) is 9.10. The van der Waals surface area contributed by atoms with Crippen molar-refractivity contribution in [3.63, 3.8) is 0 Å². The molecular weight excluding hydrogens is 360 g/mol. The van der Waals surface area contributed by atoms with E-state index >= 15 is 0 Å². The van der Waals surface area contributed by atoms with Crippen LogP contribution in [0.3, 0.4) is 0 Å². The fraction of sp³-hybridized carbons (Fsp3) is 0.692. The largest absolute Gasteiger partial charge is 0.317 e. The van der Waals surface area contributed by atoms with Crippen LogP contribution in [0.1, 0.15) is 31.1 Å². The number of hydrogen-bond acceptors (Lipinski definition) is 4. The smallest absolute Gasteiger partial charge is 0.211 e. The molecule has 0 atom stereocenters. The summed E-state index contributed by atoms with van der Waals surface area (Å²) in [4.78, 5) is 1.18. The molecule has 0 aromatic carbocycles.